The second-order valence-corrected chi connectivity index (χ2v) is 4.09. The van der Waals surface area contributed by atoms with Gasteiger partial charge in [0.05, 0.1) is 0 Å². The first-order valence-corrected chi connectivity index (χ1v) is 5.77. The van der Waals surface area contributed by atoms with Crippen LogP contribution in [0.15, 0.2) is 48.1 Å². The van der Waals surface area contributed by atoms with Crippen LogP contribution in [-0.4, -0.2) is 28.0 Å². The molecule has 0 fully saturated rings. The van der Waals surface area contributed by atoms with Gasteiger partial charge in [0.2, 0.25) is 0 Å². The van der Waals surface area contributed by atoms with Crippen molar-refractivity contribution >= 4 is 22.8 Å². The molecule has 0 aliphatic carbocycles. The average Bonchev–Trinajstić information content (AvgIpc) is 2.81. The van der Waals surface area contributed by atoms with Crippen LogP contribution in [0.1, 0.15) is 5.56 Å². The van der Waals surface area contributed by atoms with E-state index in [2.05, 4.69) is 16.6 Å². The largest absolute Gasteiger partial charge is 1.00 e. The topological polar surface area (TPSA) is 88.5 Å². The summed E-state index contributed by atoms with van der Waals surface area (Å²) in [5, 5.41) is 21.2. The molecule has 2 aromatic rings. The van der Waals surface area contributed by atoms with Crippen molar-refractivity contribution in [3.63, 3.8) is 0 Å². The minimum absolute atomic E-state index is 0. The molecule has 1 aromatic heterocycles. The molecule has 0 aliphatic rings. The van der Waals surface area contributed by atoms with Crippen LogP contribution in [0.25, 0.3) is 10.9 Å². The Morgan fingerprint density at radius 3 is 2.85 bits per heavy atom. The van der Waals surface area contributed by atoms with Crippen molar-refractivity contribution in [2.75, 3.05) is 0 Å². The molecule has 1 aromatic carbocycles. The fourth-order valence-electron chi connectivity index (χ4n) is 1.90. The zero-order valence-electron chi connectivity index (χ0n) is 11.2. The third-order valence-electron chi connectivity index (χ3n) is 2.83. The molecule has 0 aliphatic heterocycles. The summed E-state index contributed by atoms with van der Waals surface area (Å²) in [6.45, 7) is 3.28. The van der Waals surface area contributed by atoms with Gasteiger partial charge in [-0.15, -0.1) is 0 Å². The molecule has 0 spiro atoms. The number of carboxylic acids is 1. The van der Waals surface area contributed by atoms with Gasteiger partial charge in [-0.05, 0) is 17.5 Å². The summed E-state index contributed by atoms with van der Waals surface area (Å²) in [4.78, 5) is 17.8. The molecule has 2 rings (SSSR count). The molecule has 6 heteroatoms. The van der Waals surface area contributed by atoms with Crippen LogP contribution in [-0.2, 0) is 11.2 Å². The van der Waals surface area contributed by atoms with Gasteiger partial charge < -0.3 is 15.2 Å². The number of nitrogens with zero attached hydrogens (tertiary/aromatic N) is 1. The van der Waals surface area contributed by atoms with E-state index in [-0.39, 0.29) is 36.0 Å². The quantitative estimate of drug-likeness (QED) is 0.381. The van der Waals surface area contributed by atoms with Crippen molar-refractivity contribution in [3.05, 3.63) is 48.7 Å². The zero-order chi connectivity index (χ0) is 13.8. The van der Waals surface area contributed by atoms with E-state index >= 15 is 0 Å². The minimum atomic E-state index is -1.12. The number of rotatable bonds is 5. The smallest absolute Gasteiger partial charge is 0.859 e. The number of hydrogen-bond acceptors (Lipinski definition) is 3. The van der Waals surface area contributed by atoms with Crippen molar-refractivity contribution in [2.45, 2.75) is 12.5 Å². The summed E-state index contributed by atoms with van der Waals surface area (Å²) >= 11 is 0. The molecular weight excluding hydrogens is 267 g/mol. The average molecular weight is 280 g/mol. The molecule has 0 radical (unpaired) electrons. The number of aromatic nitrogens is 1. The van der Waals surface area contributed by atoms with Gasteiger partial charge in [-0.3, -0.25) is 4.99 Å². The van der Waals surface area contributed by atoms with Gasteiger partial charge in [0, 0.05) is 23.5 Å². The summed E-state index contributed by atoms with van der Waals surface area (Å²) < 4.78 is 0. The number of carbonyl (C=O) groups is 1. The van der Waals surface area contributed by atoms with Gasteiger partial charge in [0.15, 0.2) is 6.04 Å². The van der Waals surface area contributed by atoms with E-state index in [1.807, 2.05) is 24.3 Å². The van der Waals surface area contributed by atoms with Gasteiger partial charge in [0.25, 0.3) is 0 Å². The van der Waals surface area contributed by atoms with Crippen molar-refractivity contribution < 1.29 is 44.6 Å². The van der Waals surface area contributed by atoms with Gasteiger partial charge in [0.1, 0.15) is 0 Å². The number of fused-ring (bicyclic) bond motifs is 1. The predicted molar refractivity (Wildman–Crippen MR) is 71.1 cm³/mol. The van der Waals surface area contributed by atoms with Crippen LogP contribution in [0.3, 0.4) is 0 Å². The third kappa shape index (κ3) is 3.72. The zero-order valence-corrected chi connectivity index (χ0v) is 13.2. The molecule has 2 N–H and O–H groups in total. The number of H-pyrrole nitrogens is 1. The molecule has 0 amide bonds. The maximum atomic E-state index is 11.2. The SMILES string of the molecule is C=CC([O-])=N[C@@H](Cc1c[nH]c2ccccc12)C(=O)O.[Na+]. The maximum absolute atomic E-state index is 11.2. The van der Waals surface area contributed by atoms with E-state index in [0.717, 1.165) is 22.5 Å². The normalized spacial score (nSPS) is 12.7. The Kier molecular flexibility index (Phi) is 6.01. The maximum Gasteiger partial charge on any atom is 1.00 e. The number of carboxylic acid groups (broad SMARTS) is 1. The molecule has 20 heavy (non-hydrogen) atoms. The van der Waals surface area contributed by atoms with Crippen molar-refractivity contribution in [1.29, 1.82) is 0 Å². The summed E-state index contributed by atoms with van der Waals surface area (Å²) in [6.07, 6.45) is 2.92. The van der Waals surface area contributed by atoms with Crippen molar-refractivity contribution in [3.8, 4) is 0 Å². The molecule has 0 saturated heterocycles. The Hall–Kier alpha value is -1.56. The molecule has 1 atom stereocenters. The minimum Gasteiger partial charge on any atom is -0.859 e. The number of benzene rings is 1. The number of para-hydroxylation sites is 1. The second-order valence-electron chi connectivity index (χ2n) is 4.09. The number of hydrogen-bond donors (Lipinski definition) is 2. The Morgan fingerprint density at radius 1 is 1.50 bits per heavy atom. The first-order chi connectivity index (χ1) is 9.11. The summed E-state index contributed by atoms with van der Waals surface area (Å²) in [6, 6.07) is 6.48. The van der Waals surface area contributed by atoms with E-state index in [1.165, 1.54) is 0 Å². The van der Waals surface area contributed by atoms with Crippen LogP contribution >= 0.6 is 0 Å². The molecular formula is C14H13N2NaO3. The summed E-state index contributed by atoms with van der Waals surface area (Å²) in [7, 11) is 0. The van der Waals surface area contributed by atoms with E-state index in [4.69, 9.17) is 5.11 Å². The Morgan fingerprint density at radius 2 is 2.20 bits per heavy atom. The van der Waals surface area contributed by atoms with Gasteiger partial charge in [-0.25, -0.2) is 4.79 Å². The molecule has 0 bridgehead atoms. The van der Waals surface area contributed by atoms with Gasteiger partial charge >= 0.3 is 35.5 Å². The Labute approximate surface area is 138 Å². The number of nitrogens with one attached hydrogen (secondary N) is 1. The van der Waals surface area contributed by atoms with Crippen molar-refractivity contribution in [1.82, 2.24) is 4.98 Å². The van der Waals surface area contributed by atoms with E-state index < -0.39 is 17.9 Å². The molecule has 0 saturated carbocycles. The summed E-state index contributed by atoms with van der Waals surface area (Å²) in [5.41, 5.74) is 1.75. The molecule has 5 nitrogen and oxygen atoms in total. The molecule has 1 heterocycles. The third-order valence-corrected chi connectivity index (χ3v) is 2.83. The van der Waals surface area contributed by atoms with Gasteiger partial charge in [-0.2, -0.15) is 0 Å². The van der Waals surface area contributed by atoms with E-state index in [9.17, 15) is 9.90 Å². The first kappa shape index (κ1) is 16.5. The Bertz CT molecular complexity index is 649. The Balaban J connectivity index is 0.00000200. The molecule has 98 valence electrons. The number of aromatic amines is 1. The van der Waals surface area contributed by atoms with Gasteiger partial charge in [-0.1, -0.05) is 30.9 Å². The van der Waals surface area contributed by atoms with E-state index in [0.29, 0.717) is 0 Å². The van der Waals surface area contributed by atoms with Crippen LogP contribution in [0.5, 0.6) is 0 Å². The number of aliphatic carboxylic acids is 1. The van der Waals surface area contributed by atoms with Crippen molar-refractivity contribution in [2.24, 2.45) is 4.99 Å². The standard InChI is InChI=1S/C14H14N2O3.Na/c1-2-13(17)16-12(14(18)19)7-9-8-15-11-6-4-3-5-10(9)11;/h2-6,8,12,15H,1,7H2,(H,16,17)(H,18,19);/q;+1/p-1/t12-;/m0./s1. The fraction of sp³-hybridized carbons (Fsp3) is 0.143. The monoisotopic (exact) mass is 280 g/mol. The predicted octanol–water partition coefficient (Wildman–Crippen LogP) is -1.89. The van der Waals surface area contributed by atoms with Crippen LogP contribution in [0, 0.1) is 0 Å². The van der Waals surface area contributed by atoms with Crippen LogP contribution < -0.4 is 34.7 Å². The second kappa shape index (κ2) is 7.28. The summed E-state index contributed by atoms with van der Waals surface area (Å²) in [5.74, 6) is -1.74. The number of aliphatic imine (C=N–C) groups is 1. The fourth-order valence-corrected chi connectivity index (χ4v) is 1.90. The van der Waals surface area contributed by atoms with Crippen LogP contribution in [0.4, 0.5) is 0 Å². The van der Waals surface area contributed by atoms with Crippen LogP contribution in [0.2, 0.25) is 0 Å². The molecule has 0 unspecified atom stereocenters. The van der Waals surface area contributed by atoms with E-state index in [1.54, 1.807) is 6.20 Å². The first-order valence-electron chi connectivity index (χ1n) is 5.77.